The van der Waals surface area contributed by atoms with E-state index in [0.717, 1.165) is 19.5 Å². The molecule has 1 heterocycles. The lowest BCUT2D eigenvalue weighted by molar-refractivity contribution is -0.130. The summed E-state index contributed by atoms with van der Waals surface area (Å²) in [4.78, 5) is 15.1. The van der Waals surface area contributed by atoms with Crippen molar-refractivity contribution in [2.75, 3.05) is 33.7 Å². The first-order valence-electron chi connectivity index (χ1n) is 4.27. The fourth-order valence-electron chi connectivity index (χ4n) is 1.38. The standard InChI is InChI=1S/C8H17N3O/c1-10(2)6-8(12)11-4-3-7(9)5-11/h7H,3-6,9H2,1-2H3. The molecule has 70 valence electrons. The summed E-state index contributed by atoms with van der Waals surface area (Å²) in [5.74, 6) is 0.188. The Balaban J connectivity index is 2.33. The van der Waals surface area contributed by atoms with E-state index < -0.39 is 0 Å². The van der Waals surface area contributed by atoms with Crippen LogP contribution in [0.15, 0.2) is 0 Å². The molecule has 1 unspecified atom stereocenters. The zero-order valence-corrected chi connectivity index (χ0v) is 7.79. The van der Waals surface area contributed by atoms with Crippen LogP contribution in [-0.4, -0.2) is 55.5 Å². The number of carbonyl (C=O) groups excluding carboxylic acids is 1. The van der Waals surface area contributed by atoms with Crippen molar-refractivity contribution in [1.82, 2.24) is 9.80 Å². The molecule has 2 N–H and O–H groups in total. The lowest BCUT2D eigenvalue weighted by atomic mass is 10.3. The molecule has 0 aromatic heterocycles. The van der Waals surface area contributed by atoms with Crippen molar-refractivity contribution >= 4 is 5.91 Å². The second kappa shape index (κ2) is 3.87. The Bertz CT molecular complexity index is 170. The first-order chi connectivity index (χ1) is 5.59. The number of nitrogens with two attached hydrogens (primary N) is 1. The molecule has 0 bridgehead atoms. The Morgan fingerprint density at radius 1 is 1.67 bits per heavy atom. The first-order valence-corrected chi connectivity index (χ1v) is 4.27. The number of likely N-dealkylation sites (N-methyl/N-ethyl adjacent to an activating group) is 1. The number of amides is 1. The fourth-order valence-corrected chi connectivity index (χ4v) is 1.38. The van der Waals surface area contributed by atoms with E-state index in [1.165, 1.54) is 0 Å². The van der Waals surface area contributed by atoms with Crippen molar-refractivity contribution < 1.29 is 4.79 Å². The predicted octanol–water partition coefficient (Wildman–Crippen LogP) is -0.892. The van der Waals surface area contributed by atoms with Crippen molar-refractivity contribution in [3.05, 3.63) is 0 Å². The second-order valence-electron chi connectivity index (χ2n) is 3.63. The highest BCUT2D eigenvalue weighted by Gasteiger charge is 2.23. The summed E-state index contributed by atoms with van der Waals surface area (Å²) in [6.45, 7) is 2.05. The van der Waals surface area contributed by atoms with Crippen molar-refractivity contribution in [3.8, 4) is 0 Å². The van der Waals surface area contributed by atoms with E-state index in [0.29, 0.717) is 6.54 Å². The summed E-state index contributed by atoms with van der Waals surface area (Å²) in [6.07, 6.45) is 0.944. The quantitative estimate of drug-likeness (QED) is 0.586. The summed E-state index contributed by atoms with van der Waals surface area (Å²) in [7, 11) is 3.79. The minimum absolute atomic E-state index is 0.188. The van der Waals surface area contributed by atoms with Crippen LogP contribution in [0.4, 0.5) is 0 Å². The maximum atomic E-state index is 11.4. The largest absolute Gasteiger partial charge is 0.340 e. The first kappa shape index (κ1) is 9.48. The smallest absolute Gasteiger partial charge is 0.236 e. The van der Waals surface area contributed by atoms with Crippen LogP contribution in [0.25, 0.3) is 0 Å². The number of carbonyl (C=O) groups is 1. The molecule has 0 aromatic rings. The maximum Gasteiger partial charge on any atom is 0.236 e. The fraction of sp³-hybridized carbons (Fsp3) is 0.875. The van der Waals surface area contributed by atoms with E-state index in [4.69, 9.17) is 5.73 Å². The van der Waals surface area contributed by atoms with Gasteiger partial charge in [-0.25, -0.2) is 0 Å². The van der Waals surface area contributed by atoms with E-state index in [9.17, 15) is 4.79 Å². The van der Waals surface area contributed by atoms with E-state index in [1.54, 1.807) is 0 Å². The number of hydrogen-bond acceptors (Lipinski definition) is 3. The number of nitrogens with zero attached hydrogens (tertiary/aromatic N) is 2. The number of hydrogen-bond donors (Lipinski definition) is 1. The van der Waals surface area contributed by atoms with Crippen molar-refractivity contribution in [3.63, 3.8) is 0 Å². The Kier molecular flexibility index (Phi) is 3.05. The topological polar surface area (TPSA) is 49.6 Å². The van der Waals surface area contributed by atoms with Crippen LogP contribution in [0.1, 0.15) is 6.42 Å². The lowest BCUT2D eigenvalue weighted by Crippen LogP contribution is -2.37. The van der Waals surface area contributed by atoms with Gasteiger partial charge in [0.2, 0.25) is 5.91 Å². The summed E-state index contributed by atoms with van der Waals surface area (Å²) in [5.41, 5.74) is 5.69. The molecule has 4 heteroatoms. The second-order valence-corrected chi connectivity index (χ2v) is 3.63. The van der Waals surface area contributed by atoms with Crippen LogP contribution in [0.5, 0.6) is 0 Å². The third-order valence-corrected chi connectivity index (χ3v) is 2.03. The Hall–Kier alpha value is -0.610. The molecule has 0 radical (unpaired) electrons. The highest BCUT2D eigenvalue weighted by Crippen LogP contribution is 2.06. The van der Waals surface area contributed by atoms with Gasteiger partial charge in [0.05, 0.1) is 6.54 Å². The van der Waals surface area contributed by atoms with Gasteiger partial charge >= 0.3 is 0 Å². The SMILES string of the molecule is CN(C)CC(=O)N1CCC(N)C1. The van der Waals surface area contributed by atoms with Gasteiger partial charge in [0, 0.05) is 19.1 Å². The third kappa shape index (κ3) is 2.46. The third-order valence-electron chi connectivity index (χ3n) is 2.03. The van der Waals surface area contributed by atoms with Crippen LogP contribution in [0, 0.1) is 0 Å². The highest BCUT2D eigenvalue weighted by atomic mass is 16.2. The predicted molar refractivity (Wildman–Crippen MR) is 47.7 cm³/mol. The van der Waals surface area contributed by atoms with Gasteiger partial charge in [-0.2, -0.15) is 0 Å². The summed E-state index contributed by atoms with van der Waals surface area (Å²) < 4.78 is 0. The molecule has 1 fully saturated rings. The lowest BCUT2D eigenvalue weighted by Gasteiger charge is -2.18. The van der Waals surface area contributed by atoms with E-state index in [2.05, 4.69) is 0 Å². The van der Waals surface area contributed by atoms with Gasteiger partial charge in [0.25, 0.3) is 0 Å². The molecule has 1 atom stereocenters. The Morgan fingerprint density at radius 2 is 2.33 bits per heavy atom. The average Bonchev–Trinajstić information content (AvgIpc) is 2.34. The molecular weight excluding hydrogens is 154 g/mol. The van der Waals surface area contributed by atoms with Crippen LogP contribution in [-0.2, 0) is 4.79 Å². The van der Waals surface area contributed by atoms with Gasteiger partial charge in [0.1, 0.15) is 0 Å². The summed E-state index contributed by atoms with van der Waals surface area (Å²) in [5, 5.41) is 0. The van der Waals surface area contributed by atoms with Crippen molar-refractivity contribution in [2.45, 2.75) is 12.5 Å². The highest BCUT2D eigenvalue weighted by molar-refractivity contribution is 5.78. The Morgan fingerprint density at radius 3 is 2.75 bits per heavy atom. The normalized spacial score (nSPS) is 23.7. The molecule has 1 aliphatic rings. The average molecular weight is 171 g/mol. The van der Waals surface area contributed by atoms with Gasteiger partial charge in [-0.05, 0) is 20.5 Å². The van der Waals surface area contributed by atoms with Crippen LogP contribution >= 0.6 is 0 Å². The van der Waals surface area contributed by atoms with Gasteiger partial charge in [0.15, 0.2) is 0 Å². The van der Waals surface area contributed by atoms with Gasteiger partial charge in [-0.15, -0.1) is 0 Å². The molecule has 0 aliphatic carbocycles. The monoisotopic (exact) mass is 171 g/mol. The summed E-state index contributed by atoms with van der Waals surface area (Å²) in [6, 6.07) is 0.191. The van der Waals surface area contributed by atoms with Crippen LogP contribution in [0.3, 0.4) is 0 Å². The molecular formula is C8H17N3O. The molecule has 1 rings (SSSR count). The molecule has 12 heavy (non-hydrogen) atoms. The van der Waals surface area contributed by atoms with Gasteiger partial charge in [-0.1, -0.05) is 0 Å². The van der Waals surface area contributed by atoms with E-state index >= 15 is 0 Å². The molecule has 1 aliphatic heterocycles. The van der Waals surface area contributed by atoms with Gasteiger partial charge < -0.3 is 15.5 Å². The van der Waals surface area contributed by atoms with Gasteiger partial charge in [-0.3, -0.25) is 4.79 Å². The van der Waals surface area contributed by atoms with Crippen LogP contribution < -0.4 is 5.73 Å². The zero-order chi connectivity index (χ0) is 9.14. The molecule has 1 saturated heterocycles. The van der Waals surface area contributed by atoms with E-state index in [1.807, 2.05) is 23.9 Å². The Labute approximate surface area is 73.3 Å². The molecule has 4 nitrogen and oxygen atoms in total. The van der Waals surface area contributed by atoms with Crippen molar-refractivity contribution in [1.29, 1.82) is 0 Å². The molecule has 0 spiro atoms. The minimum atomic E-state index is 0.188. The molecule has 0 aromatic carbocycles. The summed E-state index contributed by atoms with van der Waals surface area (Å²) >= 11 is 0. The molecule has 0 saturated carbocycles. The minimum Gasteiger partial charge on any atom is -0.340 e. The number of likely N-dealkylation sites (tertiary alicyclic amines) is 1. The van der Waals surface area contributed by atoms with Crippen molar-refractivity contribution in [2.24, 2.45) is 5.73 Å². The maximum absolute atomic E-state index is 11.4. The van der Waals surface area contributed by atoms with E-state index in [-0.39, 0.29) is 11.9 Å². The number of rotatable bonds is 2. The zero-order valence-electron chi connectivity index (χ0n) is 7.79. The van der Waals surface area contributed by atoms with Crippen LogP contribution in [0.2, 0.25) is 0 Å². The molecule has 1 amide bonds.